The Morgan fingerprint density at radius 1 is 0.806 bits per heavy atom. The lowest BCUT2D eigenvalue weighted by molar-refractivity contribution is -1.02. The molecule has 0 radical (unpaired) electrons. The van der Waals surface area contributed by atoms with Gasteiger partial charge in [-0.05, 0) is 13.0 Å². The number of fused-ring (bicyclic) bond motifs is 1. The zero-order chi connectivity index (χ0) is 21.4. The molecule has 0 spiro atoms. The number of nitrogens with one attached hydrogen (secondary N) is 2. The lowest BCUT2D eigenvalue weighted by Crippen LogP contribution is -3.27. The summed E-state index contributed by atoms with van der Waals surface area (Å²) in [6.45, 7) is 6.69. The fourth-order valence-corrected chi connectivity index (χ4v) is 5.07. The number of rotatable bonds is 4. The Labute approximate surface area is 183 Å². The van der Waals surface area contributed by atoms with Gasteiger partial charge in [-0.1, -0.05) is 78.4 Å². The molecule has 3 aromatic carbocycles. The highest BCUT2D eigenvalue weighted by Crippen LogP contribution is 2.38. The minimum Gasteiger partial charge on any atom is -0.428 e. The van der Waals surface area contributed by atoms with Crippen LogP contribution in [0.4, 0.5) is 0 Å². The van der Waals surface area contributed by atoms with Gasteiger partial charge in [0.15, 0.2) is 0 Å². The topological polar surface area (TPSA) is 34.0 Å². The van der Waals surface area contributed by atoms with Crippen LogP contribution in [0.15, 0.2) is 78.9 Å². The maximum absolute atomic E-state index is 11.3. The molecule has 0 bridgehead atoms. The van der Waals surface area contributed by atoms with Crippen molar-refractivity contribution in [1.29, 1.82) is 0 Å². The quantitative estimate of drug-likeness (QED) is 0.441. The lowest BCUT2D eigenvalue weighted by Gasteiger charge is -2.34. The molecule has 4 heteroatoms. The summed E-state index contributed by atoms with van der Waals surface area (Å²) in [6, 6.07) is 27.7. The highest BCUT2D eigenvalue weighted by Gasteiger charge is 2.36. The Bertz CT molecular complexity index is 1170. The summed E-state index contributed by atoms with van der Waals surface area (Å²) in [4.78, 5) is 3.17. The molecular weight excluding hydrogens is 382 g/mol. The number of hydrogen-bond acceptors (Lipinski definition) is 1. The molecule has 0 unspecified atom stereocenters. The molecule has 1 aliphatic rings. The van der Waals surface area contributed by atoms with Crippen LogP contribution < -0.4 is 9.80 Å². The van der Waals surface area contributed by atoms with Gasteiger partial charge < -0.3 is 15.0 Å². The van der Waals surface area contributed by atoms with E-state index in [-0.39, 0.29) is 6.04 Å². The van der Waals surface area contributed by atoms with Crippen molar-refractivity contribution >= 4 is 10.9 Å². The molecule has 158 valence electrons. The summed E-state index contributed by atoms with van der Waals surface area (Å²) in [6.07, 6.45) is 0. The van der Waals surface area contributed by atoms with Gasteiger partial charge in [-0.3, -0.25) is 0 Å². The molecule has 0 amide bonds. The molecule has 3 N–H and O–H groups in total. The molecule has 1 fully saturated rings. The first kappa shape index (κ1) is 19.9. The zero-order valence-corrected chi connectivity index (χ0v) is 18.3. The van der Waals surface area contributed by atoms with E-state index in [4.69, 9.17) is 0 Å². The third kappa shape index (κ3) is 3.62. The van der Waals surface area contributed by atoms with E-state index in [9.17, 15) is 5.21 Å². The van der Waals surface area contributed by atoms with Crippen molar-refractivity contribution in [3.05, 3.63) is 95.6 Å². The summed E-state index contributed by atoms with van der Waals surface area (Å²) in [5, 5.41) is 12.4. The van der Waals surface area contributed by atoms with Crippen LogP contribution in [0.3, 0.4) is 0 Å². The van der Waals surface area contributed by atoms with Gasteiger partial charge in [0.2, 0.25) is 0 Å². The van der Waals surface area contributed by atoms with Crippen LogP contribution in [0.2, 0.25) is 0 Å². The fourth-order valence-electron chi connectivity index (χ4n) is 5.07. The molecule has 4 aromatic rings. The summed E-state index contributed by atoms with van der Waals surface area (Å²) in [5.74, 6) is 0. The Kier molecular flexibility index (Phi) is 5.26. The van der Waals surface area contributed by atoms with Crippen molar-refractivity contribution in [3.63, 3.8) is 0 Å². The van der Waals surface area contributed by atoms with Gasteiger partial charge in [0, 0.05) is 16.5 Å². The molecule has 0 aliphatic carbocycles. The molecular formula is C27H31N3O+2. The first-order chi connectivity index (χ1) is 15.1. The van der Waals surface area contributed by atoms with Gasteiger partial charge in [-0.2, -0.15) is 4.73 Å². The van der Waals surface area contributed by atoms with Gasteiger partial charge in [-0.15, -0.1) is 0 Å². The van der Waals surface area contributed by atoms with Gasteiger partial charge >= 0.3 is 0 Å². The Morgan fingerprint density at radius 3 is 2.16 bits per heavy atom. The molecule has 0 saturated carbocycles. The second kappa shape index (κ2) is 8.22. The van der Waals surface area contributed by atoms with Crippen LogP contribution >= 0.6 is 0 Å². The first-order valence-electron chi connectivity index (χ1n) is 11.2. The van der Waals surface area contributed by atoms with Crippen LogP contribution in [-0.2, 0) is 0 Å². The number of aryl methyl sites for hydroxylation is 1. The van der Waals surface area contributed by atoms with Crippen LogP contribution in [0.25, 0.3) is 22.2 Å². The van der Waals surface area contributed by atoms with E-state index in [0.717, 1.165) is 48.3 Å². The molecule has 5 rings (SSSR count). The van der Waals surface area contributed by atoms with Crippen molar-refractivity contribution in [2.45, 2.75) is 13.0 Å². The lowest BCUT2D eigenvalue weighted by atomic mass is 9.91. The molecule has 2 heterocycles. The van der Waals surface area contributed by atoms with Gasteiger partial charge in [0.05, 0.1) is 23.8 Å². The summed E-state index contributed by atoms with van der Waals surface area (Å²) in [7, 11) is 2.28. The van der Waals surface area contributed by atoms with Crippen molar-refractivity contribution in [2.75, 3.05) is 33.2 Å². The standard InChI is InChI=1S/C27H29N3O/c1-20-12-14-22(15-13-20)26(29-18-16-28(2)17-19-29)25-23-10-6-7-11-24(23)30(31)27(25)21-8-4-3-5-9-21/h3-15,26,31H,16-19H2,1-2H3/p+2/t26-/m1/s1. The molecule has 31 heavy (non-hydrogen) atoms. The minimum atomic E-state index is 0.169. The number of piperazine rings is 1. The summed E-state index contributed by atoms with van der Waals surface area (Å²) < 4.78 is 1.40. The van der Waals surface area contributed by atoms with Gasteiger partial charge in [0.1, 0.15) is 32.2 Å². The number of benzene rings is 3. The van der Waals surface area contributed by atoms with Gasteiger partial charge in [-0.25, -0.2) is 0 Å². The predicted octanol–water partition coefficient (Wildman–Crippen LogP) is 2.36. The third-order valence-electron chi connectivity index (χ3n) is 6.79. The smallest absolute Gasteiger partial charge is 0.142 e. The fraction of sp³-hybridized carbons (Fsp3) is 0.259. The van der Waals surface area contributed by atoms with Crippen LogP contribution in [-0.4, -0.2) is 43.2 Å². The average molecular weight is 414 g/mol. The number of likely N-dealkylation sites (N-methyl/N-ethyl adjacent to an activating group) is 1. The van der Waals surface area contributed by atoms with Crippen molar-refractivity contribution < 1.29 is 15.0 Å². The molecule has 1 aliphatic heterocycles. The highest BCUT2D eigenvalue weighted by atomic mass is 16.5. The zero-order valence-electron chi connectivity index (χ0n) is 18.3. The van der Waals surface area contributed by atoms with E-state index < -0.39 is 0 Å². The minimum absolute atomic E-state index is 0.169. The number of nitrogens with zero attached hydrogens (tertiary/aromatic N) is 1. The van der Waals surface area contributed by atoms with Crippen LogP contribution in [0.5, 0.6) is 0 Å². The molecule has 4 nitrogen and oxygen atoms in total. The average Bonchev–Trinajstić information content (AvgIpc) is 3.09. The van der Waals surface area contributed by atoms with E-state index in [1.165, 1.54) is 21.4 Å². The Morgan fingerprint density at radius 2 is 1.45 bits per heavy atom. The van der Waals surface area contributed by atoms with Crippen LogP contribution in [0.1, 0.15) is 22.7 Å². The summed E-state index contributed by atoms with van der Waals surface area (Å²) in [5.41, 5.74) is 6.64. The SMILES string of the molecule is Cc1ccc([C@H](c2c(-c3ccccc3)n(O)c3ccccc23)[NH+]2CC[NH+](C)CC2)cc1. The van der Waals surface area contributed by atoms with Crippen molar-refractivity contribution in [3.8, 4) is 11.3 Å². The Hall–Kier alpha value is -3.08. The number of para-hydroxylation sites is 1. The second-order valence-electron chi connectivity index (χ2n) is 8.92. The monoisotopic (exact) mass is 413 g/mol. The third-order valence-corrected chi connectivity index (χ3v) is 6.79. The number of hydrogen-bond donors (Lipinski definition) is 3. The number of aromatic nitrogens is 1. The molecule has 1 aromatic heterocycles. The van der Waals surface area contributed by atoms with Crippen molar-refractivity contribution in [1.82, 2.24) is 4.73 Å². The highest BCUT2D eigenvalue weighted by molar-refractivity contribution is 5.92. The largest absolute Gasteiger partial charge is 0.428 e. The molecule has 1 saturated heterocycles. The summed E-state index contributed by atoms with van der Waals surface area (Å²) >= 11 is 0. The van der Waals surface area contributed by atoms with Crippen LogP contribution in [0, 0.1) is 6.92 Å². The maximum atomic E-state index is 11.3. The van der Waals surface area contributed by atoms with E-state index in [1.54, 1.807) is 9.80 Å². The van der Waals surface area contributed by atoms with E-state index >= 15 is 0 Å². The normalized spacial score (nSPS) is 20.1. The number of quaternary nitrogens is 2. The predicted molar refractivity (Wildman–Crippen MR) is 125 cm³/mol. The van der Waals surface area contributed by atoms with E-state index in [2.05, 4.69) is 62.5 Å². The maximum Gasteiger partial charge on any atom is 0.142 e. The Balaban J connectivity index is 1.77. The molecule has 1 atom stereocenters. The van der Waals surface area contributed by atoms with E-state index in [0.29, 0.717) is 0 Å². The van der Waals surface area contributed by atoms with Gasteiger partial charge in [0.25, 0.3) is 0 Å². The van der Waals surface area contributed by atoms with Crippen molar-refractivity contribution in [2.24, 2.45) is 0 Å². The van der Waals surface area contributed by atoms with E-state index in [1.807, 2.05) is 30.3 Å². The first-order valence-corrected chi connectivity index (χ1v) is 11.2. The second-order valence-corrected chi connectivity index (χ2v) is 8.92.